The lowest BCUT2D eigenvalue weighted by Gasteiger charge is -2.18. The molecule has 0 bridgehead atoms. The molecular formula is C26H25N6O4P. The van der Waals surface area contributed by atoms with Gasteiger partial charge in [-0.2, -0.15) is 0 Å². The van der Waals surface area contributed by atoms with E-state index in [1.807, 2.05) is 54.6 Å². The summed E-state index contributed by atoms with van der Waals surface area (Å²) >= 11 is 0. The SMILES string of the molecule is CCOP(=O)(OCC)c1ccc2c(c1)C(=C(Nc1ccc(-c3nnn[nH]3)cc1)c1ccccc1)C(=O)N2. The molecule has 5 rings (SSSR count). The molecule has 0 unspecified atom stereocenters. The van der Waals surface area contributed by atoms with Gasteiger partial charge in [0, 0.05) is 22.5 Å². The highest BCUT2D eigenvalue weighted by Gasteiger charge is 2.33. The fraction of sp³-hybridized carbons (Fsp3) is 0.154. The highest BCUT2D eigenvalue weighted by molar-refractivity contribution is 7.62. The maximum Gasteiger partial charge on any atom is 0.361 e. The van der Waals surface area contributed by atoms with Gasteiger partial charge < -0.3 is 19.7 Å². The molecule has 37 heavy (non-hydrogen) atoms. The minimum absolute atomic E-state index is 0.227. The fourth-order valence-corrected chi connectivity index (χ4v) is 5.72. The Morgan fingerprint density at radius 2 is 1.70 bits per heavy atom. The molecule has 1 aromatic heterocycles. The van der Waals surface area contributed by atoms with Crippen LogP contribution in [0.5, 0.6) is 0 Å². The third-order valence-electron chi connectivity index (χ3n) is 5.75. The van der Waals surface area contributed by atoms with Crippen molar-refractivity contribution in [2.24, 2.45) is 0 Å². The van der Waals surface area contributed by atoms with Crippen LogP contribution in [0, 0.1) is 0 Å². The molecule has 0 radical (unpaired) electrons. The Labute approximate surface area is 213 Å². The van der Waals surface area contributed by atoms with Crippen LogP contribution in [0.25, 0.3) is 22.7 Å². The number of amides is 1. The maximum atomic E-state index is 13.5. The molecule has 188 valence electrons. The van der Waals surface area contributed by atoms with Gasteiger partial charge in [0.05, 0.1) is 29.8 Å². The van der Waals surface area contributed by atoms with Gasteiger partial charge in [0.15, 0.2) is 5.82 Å². The molecule has 0 fully saturated rings. The summed E-state index contributed by atoms with van der Waals surface area (Å²) in [7, 11) is -3.55. The average molecular weight is 516 g/mol. The second kappa shape index (κ2) is 10.5. The van der Waals surface area contributed by atoms with Gasteiger partial charge in [-0.05, 0) is 72.3 Å². The van der Waals surface area contributed by atoms with E-state index in [2.05, 4.69) is 31.3 Å². The van der Waals surface area contributed by atoms with Crippen molar-refractivity contribution in [2.75, 3.05) is 23.8 Å². The zero-order chi connectivity index (χ0) is 25.8. The molecular weight excluding hydrogens is 491 g/mol. The monoisotopic (exact) mass is 516 g/mol. The zero-order valence-corrected chi connectivity index (χ0v) is 21.2. The molecule has 0 spiro atoms. The van der Waals surface area contributed by atoms with E-state index in [9.17, 15) is 9.36 Å². The number of hydrogen-bond acceptors (Lipinski definition) is 8. The van der Waals surface area contributed by atoms with E-state index < -0.39 is 7.60 Å². The number of rotatable bonds is 9. The molecule has 11 heteroatoms. The van der Waals surface area contributed by atoms with Crippen LogP contribution < -0.4 is 15.9 Å². The Morgan fingerprint density at radius 1 is 0.973 bits per heavy atom. The summed E-state index contributed by atoms with van der Waals surface area (Å²) in [6.07, 6.45) is 0. The number of carbonyl (C=O) groups is 1. The molecule has 1 aliphatic heterocycles. The minimum atomic E-state index is -3.55. The van der Waals surface area contributed by atoms with Gasteiger partial charge in [0.25, 0.3) is 5.91 Å². The predicted octanol–water partition coefficient (Wildman–Crippen LogP) is 4.69. The first-order valence-corrected chi connectivity index (χ1v) is 13.3. The lowest BCUT2D eigenvalue weighted by molar-refractivity contribution is -0.110. The van der Waals surface area contributed by atoms with E-state index in [-0.39, 0.29) is 19.1 Å². The second-order valence-electron chi connectivity index (χ2n) is 8.09. The lowest BCUT2D eigenvalue weighted by atomic mass is 10.00. The van der Waals surface area contributed by atoms with Crippen molar-refractivity contribution in [2.45, 2.75) is 13.8 Å². The molecule has 0 saturated heterocycles. The first-order valence-electron chi connectivity index (χ1n) is 11.8. The first-order chi connectivity index (χ1) is 18.0. The Balaban J connectivity index is 1.61. The number of tetrazole rings is 1. The summed E-state index contributed by atoms with van der Waals surface area (Å²) in [5.74, 6) is 0.281. The normalized spacial score (nSPS) is 14.3. The number of nitrogens with one attached hydrogen (secondary N) is 3. The van der Waals surface area contributed by atoms with Gasteiger partial charge in [-0.3, -0.25) is 9.36 Å². The quantitative estimate of drug-likeness (QED) is 0.216. The Bertz CT molecular complexity index is 1480. The van der Waals surface area contributed by atoms with E-state index in [0.29, 0.717) is 33.6 Å². The van der Waals surface area contributed by atoms with Crippen molar-refractivity contribution in [1.82, 2.24) is 20.6 Å². The Hall–Kier alpha value is -4.11. The van der Waals surface area contributed by atoms with Crippen LogP contribution in [-0.4, -0.2) is 39.7 Å². The van der Waals surface area contributed by atoms with Crippen LogP contribution in [0.3, 0.4) is 0 Å². The number of hydrogen-bond donors (Lipinski definition) is 3. The van der Waals surface area contributed by atoms with Gasteiger partial charge >= 0.3 is 7.60 Å². The van der Waals surface area contributed by atoms with E-state index in [1.165, 1.54) is 0 Å². The largest absolute Gasteiger partial charge is 0.361 e. The van der Waals surface area contributed by atoms with Crippen molar-refractivity contribution in [3.05, 3.63) is 83.9 Å². The van der Waals surface area contributed by atoms with Crippen molar-refractivity contribution < 1.29 is 18.4 Å². The van der Waals surface area contributed by atoms with Gasteiger partial charge in [-0.15, -0.1) is 5.10 Å². The molecule has 2 heterocycles. The first kappa shape index (κ1) is 24.6. The summed E-state index contributed by atoms with van der Waals surface area (Å²) in [6.45, 7) is 3.98. The molecule has 0 aliphatic carbocycles. The van der Waals surface area contributed by atoms with Gasteiger partial charge in [0.2, 0.25) is 0 Å². The molecule has 3 N–H and O–H groups in total. The van der Waals surface area contributed by atoms with Crippen LogP contribution >= 0.6 is 7.60 Å². The minimum Gasteiger partial charge on any atom is -0.354 e. The summed E-state index contributed by atoms with van der Waals surface area (Å²) in [5, 5.41) is 20.6. The Morgan fingerprint density at radius 3 is 2.35 bits per heavy atom. The van der Waals surface area contributed by atoms with E-state index in [4.69, 9.17) is 9.05 Å². The lowest BCUT2D eigenvalue weighted by Crippen LogP contribution is -2.12. The number of anilines is 2. The standard InChI is InChI=1S/C26H25N6O4P/c1-3-35-37(34,36-4-2)20-14-15-22-21(16-20)23(26(33)28-22)24(17-8-6-5-7-9-17)27-19-12-10-18(11-13-19)25-29-31-32-30-25/h5-16,27H,3-4H2,1-2H3,(H,28,33)(H,29,30,31,32). The highest BCUT2D eigenvalue weighted by atomic mass is 31.2. The number of H-pyrrole nitrogens is 1. The summed E-state index contributed by atoms with van der Waals surface area (Å²) in [5.41, 5.74) is 4.64. The number of benzene rings is 3. The van der Waals surface area contributed by atoms with Crippen molar-refractivity contribution >= 4 is 41.5 Å². The summed E-state index contributed by atoms with van der Waals surface area (Å²) in [6, 6.07) is 22.2. The van der Waals surface area contributed by atoms with Crippen molar-refractivity contribution in [3.63, 3.8) is 0 Å². The summed E-state index contributed by atoms with van der Waals surface area (Å²) in [4.78, 5) is 13.3. The van der Waals surface area contributed by atoms with E-state index in [1.54, 1.807) is 32.0 Å². The summed E-state index contributed by atoms with van der Waals surface area (Å²) < 4.78 is 24.5. The Kier molecular flexibility index (Phi) is 6.96. The number of carbonyl (C=O) groups excluding carboxylic acids is 1. The number of fused-ring (bicyclic) bond motifs is 1. The highest BCUT2D eigenvalue weighted by Crippen LogP contribution is 2.48. The number of aromatic nitrogens is 4. The third-order valence-corrected chi connectivity index (χ3v) is 7.85. The van der Waals surface area contributed by atoms with Gasteiger partial charge in [-0.25, -0.2) is 5.10 Å². The predicted molar refractivity (Wildman–Crippen MR) is 142 cm³/mol. The van der Waals surface area contributed by atoms with Crippen molar-refractivity contribution in [1.29, 1.82) is 0 Å². The number of aromatic amines is 1. The van der Waals surface area contributed by atoms with Crippen LogP contribution in [0.15, 0.2) is 72.8 Å². The number of nitrogens with zero attached hydrogens (tertiary/aromatic N) is 3. The van der Waals surface area contributed by atoms with Crippen LogP contribution in [0.2, 0.25) is 0 Å². The molecule has 0 saturated carbocycles. The van der Waals surface area contributed by atoms with E-state index >= 15 is 0 Å². The average Bonchev–Trinajstić information content (AvgIpc) is 3.56. The van der Waals surface area contributed by atoms with Gasteiger partial charge in [-0.1, -0.05) is 30.3 Å². The van der Waals surface area contributed by atoms with Crippen LogP contribution in [-0.2, 0) is 18.4 Å². The third kappa shape index (κ3) is 4.95. The molecule has 10 nitrogen and oxygen atoms in total. The van der Waals surface area contributed by atoms with E-state index in [0.717, 1.165) is 16.8 Å². The van der Waals surface area contributed by atoms with Crippen molar-refractivity contribution in [3.8, 4) is 11.4 Å². The second-order valence-corrected chi connectivity index (χ2v) is 10.1. The maximum absolute atomic E-state index is 13.5. The molecule has 4 aromatic rings. The molecule has 1 aliphatic rings. The topological polar surface area (TPSA) is 131 Å². The van der Waals surface area contributed by atoms with Gasteiger partial charge in [0.1, 0.15) is 0 Å². The molecule has 1 amide bonds. The fourth-order valence-electron chi connectivity index (χ4n) is 4.12. The van der Waals surface area contributed by atoms with Crippen LogP contribution in [0.4, 0.5) is 11.4 Å². The molecule has 3 aromatic carbocycles. The molecule has 0 atom stereocenters. The smallest absolute Gasteiger partial charge is 0.354 e. The van der Waals surface area contributed by atoms with Crippen LogP contribution in [0.1, 0.15) is 25.0 Å². The zero-order valence-electron chi connectivity index (χ0n) is 20.3.